The van der Waals surface area contributed by atoms with Crippen molar-refractivity contribution in [1.82, 2.24) is 0 Å². The second-order valence-electron chi connectivity index (χ2n) is 4.02. The topological polar surface area (TPSA) is 46.2 Å². The number of hydrogen-bond donors (Lipinski definition) is 2. The first-order chi connectivity index (χ1) is 4.42. The first-order valence-corrected chi connectivity index (χ1v) is 3.85. The third-order valence-corrected chi connectivity index (χ3v) is 1.43. The van der Waals surface area contributed by atoms with E-state index in [1.165, 1.54) is 0 Å². The van der Waals surface area contributed by atoms with Crippen LogP contribution in [-0.2, 0) is 0 Å². The van der Waals surface area contributed by atoms with Crippen molar-refractivity contribution < 1.29 is 5.11 Å². The van der Waals surface area contributed by atoms with Gasteiger partial charge >= 0.3 is 0 Å². The van der Waals surface area contributed by atoms with Gasteiger partial charge in [0, 0.05) is 0 Å². The summed E-state index contributed by atoms with van der Waals surface area (Å²) >= 11 is 0. The second-order valence-corrected chi connectivity index (χ2v) is 4.02. The highest BCUT2D eigenvalue weighted by Gasteiger charge is 2.09. The molecular formula is C8H19NO. The Labute approximate surface area is 63.4 Å². The normalized spacial score (nSPS) is 15.3. The minimum Gasteiger partial charge on any atom is -0.379 e. The molecule has 0 aliphatic heterocycles. The van der Waals surface area contributed by atoms with Crippen LogP contribution in [0.1, 0.15) is 40.0 Å². The molecule has 0 aromatic heterocycles. The summed E-state index contributed by atoms with van der Waals surface area (Å²) in [6.07, 6.45) is 2.24. The molecule has 0 bridgehead atoms. The van der Waals surface area contributed by atoms with E-state index in [-0.39, 0.29) is 0 Å². The lowest BCUT2D eigenvalue weighted by Gasteiger charge is -2.17. The van der Waals surface area contributed by atoms with E-state index in [0.717, 1.165) is 19.3 Å². The Balaban J connectivity index is 3.21. The zero-order valence-corrected chi connectivity index (χ0v) is 7.22. The van der Waals surface area contributed by atoms with E-state index in [1.807, 2.05) is 0 Å². The van der Waals surface area contributed by atoms with Crippen molar-refractivity contribution in [2.75, 3.05) is 0 Å². The molecule has 3 N–H and O–H groups in total. The number of nitrogens with two attached hydrogens (primary N) is 1. The van der Waals surface area contributed by atoms with E-state index in [4.69, 9.17) is 10.8 Å². The summed E-state index contributed by atoms with van der Waals surface area (Å²) in [4.78, 5) is 0. The Kier molecular flexibility index (Phi) is 3.91. The highest BCUT2D eigenvalue weighted by atomic mass is 16.3. The summed E-state index contributed by atoms with van der Waals surface area (Å²) in [5.41, 5.74) is 5.55. The summed E-state index contributed by atoms with van der Waals surface area (Å²) in [6.45, 7) is 6.57. The fourth-order valence-electron chi connectivity index (χ4n) is 0.842. The Bertz CT molecular complexity index is 83.7. The monoisotopic (exact) mass is 145 g/mol. The molecule has 0 saturated carbocycles. The van der Waals surface area contributed by atoms with Crippen LogP contribution in [0.4, 0.5) is 0 Å². The minimum absolute atomic E-state index is 0.370. The van der Waals surface area contributed by atoms with Gasteiger partial charge in [0.2, 0.25) is 0 Å². The van der Waals surface area contributed by atoms with Crippen LogP contribution < -0.4 is 5.73 Å². The predicted octanol–water partition coefficient (Wildman–Crippen LogP) is 1.48. The summed E-state index contributed by atoms with van der Waals surface area (Å²) < 4.78 is 0. The van der Waals surface area contributed by atoms with Crippen molar-refractivity contribution in [3.8, 4) is 0 Å². The third kappa shape index (κ3) is 7.92. The van der Waals surface area contributed by atoms with Crippen molar-refractivity contribution in [2.24, 2.45) is 11.1 Å². The predicted molar refractivity (Wildman–Crippen MR) is 43.5 cm³/mol. The van der Waals surface area contributed by atoms with Crippen LogP contribution in [0, 0.1) is 5.41 Å². The summed E-state index contributed by atoms with van der Waals surface area (Å²) in [6, 6.07) is 0. The van der Waals surface area contributed by atoms with Crippen LogP contribution in [0.15, 0.2) is 0 Å². The largest absolute Gasteiger partial charge is 0.379 e. The van der Waals surface area contributed by atoms with Crippen LogP contribution in [0.2, 0.25) is 0 Å². The molecule has 0 aromatic carbocycles. The van der Waals surface area contributed by atoms with Crippen molar-refractivity contribution in [3.63, 3.8) is 0 Å². The highest BCUT2D eigenvalue weighted by molar-refractivity contribution is 4.61. The first-order valence-electron chi connectivity index (χ1n) is 3.85. The second kappa shape index (κ2) is 3.94. The van der Waals surface area contributed by atoms with Crippen molar-refractivity contribution in [2.45, 2.75) is 46.3 Å². The van der Waals surface area contributed by atoms with Gasteiger partial charge in [-0.25, -0.2) is 0 Å². The molecule has 62 valence electrons. The summed E-state index contributed by atoms with van der Waals surface area (Å²) in [5, 5.41) is 8.73. The molecular weight excluding hydrogens is 126 g/mol. The molecule has 1 atom stereocenters. The van der Waals surface area contributed by atoms with Gasteiger partial charge in [0.15, 0.2) is 0 Å². The van der Waals surface area contributed by atoms with Crippen LogP contribution in [0.5, 0.6) is 0 Å². The van der Waals surface area contributed by atoms with Crippen LogP contribution in [-0.4, -0.2) is 11.3 Å². The molecule has 0 spiro atoms. The van der Waals surface area contributed by atoms with E-state index in [1.54, 1.807) is 0 Å². The third-order valence-electron chi connectivity index (χ3n) is 1.43. The number of hydrogen-bond acceptors (Lipinski definition) is 2. The minimum atomic E-state index is -0.623. The van der Waals surface area contributed by atoms with E-state index in [9.17, 15) is 0 Å². The maximum Gasteiger partial charge on any atom is 0.102 e. The van der Waals surface area contributed by atoms with Crippen molar-refractivity contribution in [3.05, 3.63) is 0 Å². The summed E-state index contributed by atoms with van der Waals surface area (Å²) in [7, 11) is 0. The lowest BCUT2D eigenvalue weighted by atomic mass is 9.90. The van der Waals surface area contributed by atoms with E-state index < -0.39 is 6.23 Å². The van der Waals surface area contributed by atoms with Gasteiger partial charge < -0.3 is 10.8 Å². The van der Waals surface area contributed by atoms with Crippen molar-refractivity contribution >= 4 is 0 Å². The van der Waals surface area contributed by atoms with Gasteiger partial charge in [0.1, 0.15) is 6.23 Å². The zero-order chi connectivity index (χ0) is 8.20. The molecule has 0 rings (SSSR count). The average molecular weight is 145 g/mol. The molecule has 0 aliphatic carbocycles. The molecule has 2 heteroatoms. The summed E-state index contributed by atoms with van der Waals surface area (Å²) in [5.74, 6) is 0. The van der Waals surface area contributed by atoms with Gasteiger partial charge in [-0.3, -0.25) is 0 Å². The number of aliphatic hydroxyl groups is 1. The van der Waals surface area contributed by atoms with Gasteiger partial charge in [0.25, 0.3) is 0 Å². The van der Waals surface area contributed by atoms with Gasteiger partial charge in [-0.1, -0.05) is 20.8 Å². The van der Waals surface area contributed by atoms with E-state index in [2.05, 4.69) is 20.8 Å². The van der Waals surface area contributed by atoms with Gasteiger partial charge in [-0.05, 0) is 24.7 Å². The van der Waals surface area contributed by atoms with Crippen LogP contribution >= 0.6 is 0 Å². The Morgan fingerprint density at radius 2 is 1.90 bits per heavy atom. The van der Waals surface area contributed by atoms with Gasteiger partial charge in [0.05, 0.1) is 0 Å². The zero-order valence-electron chi connectivity index (χ0n) is 7.22. The quantitative estimate of drug-likeness (QED) is 0.591. The van der Waals surface area contributed by atoms with Crippen LogP contribution in [0.3, 0.4) is 0 Å². The maximum atomic E-state index is 8.73. The van der Waals surface area contributed by atoms with Gasteiger partial charge in [-0.2, -0.15) is 0 Å². The molecule has 1 unspecified atom stereocenters. The molecule has 0 radical (unpaired) electrons. The number of aliphatic hydroxyl groups excluding tert-OH is 1. The fraction of sp³-hybridized carbons (Fsp3) is 1.00. The van der Waals surface area contributed by atoms with Crippen LogP contribution in [0.25, 0.3) is 0 Å². The number of rotatable bonds is 3. The lowest BCUT2D eigenvalue weighted by molar-refractivity contribution is 0.162. The van der Waals surface area contributed by atoms with E-state index in [0.29, 0.717) is 5.41 Å². The molecule has 10 heavy (non-hydrogen) atoms. The standard InChI is InChI=1S/C8H19NO/c1-8(2,3)6-4-5-7(9)10/h7,10H,4-6,9H2,1-3H3. The Hall–Kier alpha value is -0.0800. The van der Waals surface area contributed by atoms with Gasteiger partial charge in [-0.15, -0.1) is 0 Å². The average Bonchev–Trinajstić information content (AvgIpc) is 1.59. The molecule has 0 aromatic rings. The first kappa shape index (κ1) is 9.92. The lowest BCUT2D eigenvalue weighted by Crippen LogP contribution is -2.19. The molecule has 0 fully saturated rings. The molecule has 0 saturated heterocycles. The molecule has 2 nitrogen and oxygen atoms in total. The highest BCUT2D eigenvalue weighted by Crippen LogP contribution is 2.21. The maximum absolute atomic E-state index is 8.73. The fourth-order valence-corrected chi connectivity index (χ4v) is 0.842. The SMILES string of the molecule is CC(C)(C)CCCC(N)O. The molecule has 0 aliphatic rings. The van der Waals surface area contributed by atoms with E-state index >= 15 is 0 Å². The Morgan fingerprint density at radius 1 is 1.40 bits per heavy atom. The Morgan fingerprint density at radius 3 is 2.20 bits per heavy atom. The van der Waals surface area contributed by atoms with Crippen molar-refractivity contribution in [1.29, 1.82) is 0 Å². The molecule has 0 amide bonds. The smallest absolute Gasteiger partial charge is 0.102 e. The molecule has 0 heterocycles.